The SMILES string of the molecule is CCCN(CCC)C(=O)c1cc(C)cc(C(=O)N[C@@H](Cc2cc(F)cc(F)c2)[C@H](O)CNCc2cccc(NC(=O)O)c2)c1. The molecular weight excluding hydrogens is 570 g/mol. The van der Waals surface area contributed by atoms with Crippen molar-refractivity contribution < 1.29 is 33.4 Å². The average Bonchev–Trinajstić information content (AvgIpc) is 2.95. The van der Waals surface area contributed by atoms with Crippen LogP contribution in [0.4, 0.5) is 19.3 Å². The van der Waals surface area contributed by atoms with Crippen LogP contribution in [0.1, 0.15) is 64.1 Å². The van der Waals surface area contributed by atoms with Crippen molar-refractivity contribution in [3.05, 3.63) is 100 Å². The van der Waals surface area contributed by atoms with Gasteiger partial charge in [0.05, 0.1) is 12.1 Å². The number of nitrogens with one attached hydrogen (secondary N) is 3. The monoisotopic (exact) mass is 610 g/mol. The summed E-state index contributed by atoms with van der Waals surface area (Å²) in [4.78, 5) is 39.4. The van der Waals surface area contributed by atoms with Crippen LogP contribution < -0.4 is 16.0 Å². The minimum absolute atomic E-state index is 0.000119. The second kappa shape index (κ2) is 16.5. The molecule has 44 heavy (non-hydrogen) atoms. The van der Waals surface area contributed by atoms with E-state index in [0.717, 1.165) is 36.6 Å². The second-order valence-electron chi connectivity index (χ2n) is 10.8. The van der Waals surface area contributed by atoms with Crippen molar-refractivity contribution in [3.8, 4) is 0 Å². The molecule has 0 aliphatic heterocycles. The third-order valence-corrected chi connectivity index (χ3v) is 6.88. The van der Waals surface area contributed by atoms with Gasteiger partial charge in [0.2, 0.25) is 0 Å². The molecule has 5 N–H and O–H groups in total. The topological polar surface area (TPSA) is 131 Å². The van der Waals surface area contributed by atoms with Gasteiger partial charge in [0.25, 0.3) is 11.8 Å². The van der Waals surface area contributed by atoms with E-state index in [1.165, 1.54) is 6.07 Å². The molecule has 0 fully saturated rings. The molecule has 9 nitrogen and oxygen atoms in total. The van der Waals surface area contributed by atoms with Gasteiger partial charge in [-0.3, -0.25) is 14.9 Å². The first-order chi connectivity index (χ1) is 21.0. The lowest BCUT2D eigenvalue weighted by atomic mass is 9.99. The molecule has 11 heteroatoms. The first-order valence-electron chi connectivity index (χ1n) is 14.6. The van der Waals surface area contributed by atoms with E-state index < -0.39 is 35.8 Å². The molecular formula is C33H40F2N4O5. The number of carboxylic acid groups (broad SMARTS) is 1. The van der Waals surface area contributed by atoms with Gasteiger partial charge < -0.3 is 25.7 Å². The Morgan fingerprint density at radius 1 is 0.886 bits per heavy atom. The molecule has 3 aromatic rings. The molecule has 0 aliphatic rings. The van der Waals surface area contributed by atoms with E-state index >= 15 is 0 Å². The maximum Gasteiger partial charge on any atom is 0.409 e. The van der Waals surface area contributed by atoms with E-state index in [1.54, 1.807) is 48.2 Å². The first-order valence-corrected chi connectivity index (χ1v) is 14.6. The highest BCUT2D eigenvalue weighted by atomic mass is 19.1. The molecule has 0 radical (unpaired) electrons. The largest absolute Gasteiger partial charge is 0.465 e. The van der Waals surface area contributed by atoms with Crippen LogP contribution in [-0.2, 0) is 13.0 Å². The maximum absolute atomic E-state index is 14.0. The van der Waals surface area contributed by atoms with E-state index in [1.807, 2.05) is 13.8 Å². The second-order valence-corrected chi connectivity index (χ2v) is 10.8. The minimum atomic E-state index is -1.19. The van der Waals surface area contributed by atoms with Crippen LogP contribution in [0.5, 0.6) is 0 Å². The minimum Gasteiger partial charge on any atom is -0.465 e. The number of nitrogens with zero attached hydrogens (tertiary/aromatic N) is 1. The van der Waals surface area contributed by atoms with Crippen molar-refractivity contribution >= 4 is 23.6 Å². The van der Waals surface area contributed by atoms with Crippen molar-refractivity contribution in [1.82, 2.24) is 15.5 Å². The average molecular weight is 611 g/mol. The highest BCUT2D eigenvalue weighted by molar-refractivity contribution is 6.00. The van der Waals surface area contributed by atoms with E-state index in [9.17, 15) is 28.3 Å². The molecule has 3 rings (SSSR count). The van der Waals surface area contributed by atoms with Crippen LogP contribution in [-0.4, -0.2) is 64.8 Å². The molecule has 3 aromatic carbocycles. The molecule has 0 aromatic heterocycles. The summed E-state index contributed by atoms with van der Waals surface area (Å²) >= 11 is 0. The Labute approximate surface area is 256 Å². The van der Waals surface area contributed by atoms with Crippen molar-refractivity contribution in [2.24, 2.45) is 0 Å². The fourth-order valence-corrected chi connectivity index (χ4v) is 4.98. The fourth-order valence-electron chi connectivity index (χ4n) is 4.98. The Morgan fingerprint density at radius 3 is 2.18 bits per heavy atom. The number of aliphatic hydroxyl groups excluding tert-OH is 1. The Balaban J connectivity index is 1.79. The summed E-state index contributed by atoms with van der Waals surface area (Å²) in [5, 5.41) is 28.2. The summed E-state index contributed by atoms with van der Waals surface area (Å²) in [6, 6.07) is 13.7. The van der Waals surface area contributed by atoms with Crippen LogP contribution in [0, 0.1) is 18.6 Å². The Bertz CT molecular complexity index is 1430. The highest BCUT2D eigenvalue weighted by Gasteiger charge is 2.24. The number of aryl methyl sites for hydroxylation is 1. The van der Waals surface area contributed by atoms with Gasteiger partial charge >= 0.3 is 6.09 Å². The lowest BCUT2D eigenvalue weighted by Crippen LogP contribution is -2.48. The van der Waals surface area contributed by atoms with E-state index in [4.69, 9.17) is 5.11 Å². The fraction of sp³-hybridized carbons (Fsp3) is 0.364. The van der Waals surface area contributed by atoms with Gasteiger partial charge in [-0.1, -0.05) is 26.0 Å². The van der Waals surface area contributed by atoms with Gasteiger partial charge in [-0.15, -0.1) is 0 Å². The van der Waals surface area contributed by atoms with Gasteiger partial charge in [0.1, 0.15) is 11.6 Å². The summed E-state index contributed by atoms with van der Waals surface area (Å²) < 4.78 is 27.9. The van der Waals surface area contributed by atoms with Crippen LogP contribution in [0.15, 0.2) is 60.7 Å². The molecule has 0 bridgehead atoms. The number of benzene rings is 3. The zero-order valence-corrected chi connectivity index (χ0v) is 25.2. The summed E-state index contributed by atoms with van der Waals surface area (Å²) in [6.45, 7) is 7.22. The lowest BCUT2D eigenvalue weighted by molar-refractivity contribution is 0.0755. The number of aliphatic hydroxyl groups is 1. The van der Waals surface area contributed by atoms with Crippen molar-refractivity contribution in [2.75, 3.05) is 25.0 Å². The molecule has 0 saturated carbocycles. The standard InChI is InChI=1S/C33H40F2N4O5/c1-4-9-39(10-5-2)32(42)25-12-21(3)11-24(17-25)31(41)38-29(16-23-13-26(34)18-27(35)14-23)30(40)20-36-19-22-7-6-8-28(15-22)37-33(43)44/h6-8,11-15,17-18,29-30,36-37,40H,4-5,9-10,16,19-20H2,1-3H3,(H,38,41)(H,43,44)/t29-,30+/m0/s1. The molecule has 236 valence electrons. The van der Waals surface area contributed by atoms with Crippen LogP contribution in [0.25, 0.3) is 0 Å². The summed E-state index contributed by atoms with van der Waals surface area (Å²) in [5.41, 5.74) is 2.68. The Morgan fingerprint density at radius 2 is 1.55 bits per heavy atom. The summed E-state index contributed by atoms with van der Waals surface area (Å²) in [6.07, 6.45) is -0.851. The third-order valence-electron chi connectivity index (χ3n) is 6.88. The molecule has 0 spiro atoms. The number of amides is 3. The maximum atomic E-state index is 14.0. The Hall–Kier alpha value is -4.35. The number of hydrogen-bond acceptors (Lipinski definition) is 5. The van der Waals surface area contributed by atoms with Crippen LogP contribution >= 0.6 is 0 Å². The number of rotatable bonds is 15. The first kappa shape index (κ1) is 34.1. The predicted octanol–water partition coefficient (Wildman–Crippen LogP) is 5.12. The third kappa shape index (κ3) is 10.4. The molecule has 0 saturated heterocycles. The highest BCUT2D eigenvalue weighted by Crippen LogP contribution is 2.16. The van der Waals surface area contributed by atoms with Gasteiger partial charge in [0, 0.05) is 49.1 Å². The van der Waals surface area contributed by atoms with E-state index in [0.29, 0.717) is 29.9 Å². The number of anilines is 1. The van der Waals surface area contributed by atoms with Crippen molar-refractivity contribution in [1.29, 1.82) is 0 Å². The zero-order valence-electron chi connectivity index (χ0n) is 25.2. The van der Waals surface area contributed by atoms with Crippen molar-refractivity contribution in [2.45, 2.75) is 58.7 Å². The number of carbonyl (C=O) groups is 3. The van der Waals surface area contributed by atoms with Gasteiger partial charge in [-0.2, -0.15) is 0 Å². The van der Waals surface area contributed by atoms with E-state index in [-0.39, 0.29) is 36.5 Å². The van der Waals surface area contributed by atoms with Gasteiger partial charge in [-0.25, -0.2) is 13.6 Å². The number of hydrogen-bond donors (Lipinski definition) is 5. The van der Waals surface area contributed by atoms with Gasteiger partial charge in [0.15, 0.2) is 0 Å². The van der Waals surface area contributed by atoms with Gasteiger partial charge in [-0.05, 0) is 85.3 Å². The van der Waals surface area contributed by atoms with Crippen LogP contribution in [0.2, 0.25) is 0 Å². The van der Waals surface area contributed by atoms with Crippen molar-refractivity contribution in [3.63, 3.8) is 0 Å². The quantitative estimate of drug-likeness (QED) is 0.162. The molecule has 0 heterocycles. The van der Waals surface area contributed by atoms with E-state index in [2.05, 4.69) is 16.0 Å². The molecule has 0 aliphatic carbocycles. The lowest BCUT2D eigenvalue weighted by Gasteiger charge is -2.25. The molecule has 2 atom stereocenters. The van der Waals surface area contributed by atoms with Crippen LogP contribution in [0.3, 0.4) is 0 Å². The predicted molar refractivity (Wildman–Crippen MR) is 165 cm³/mol. The Kier molecular flexibility index (Phi) is 12.8. The summed E-state index contributed by atoms with van der Waals surface area (Å²) in [7, 11) is 0. The normalized spacial score (nSPS) is 12.3. The summed E-state index contributed by atoms with van der Waals surface area (Å²) in [5.74, 6) is -2.28. The zero-order chi connectivity index (χ0) is 32.2. The molecule has 3 amide bonds. The molecule has 0 unspecified atom stereocenters. The number of carbonyl (C=O) groups excluding carboxylic acids is 2. The smallest absolute Gasteiger partial charge is 0.409 e. The number of halogens is 2.